The van der Waals surface area contributed by atoms with Crippen LogP contribution in [0.3, 0.4) is 0 Å². The van der Waals surface area contributed by atoms with E-state index >= 15 is 0 Å². The van der Waals surface area contributed by atoms with Crippen LogP contribution in [-0.4, -0.2) is 34.4 Å². The van der Waals surface area contributed by atoms with Gasteiger partial charge in [0.15, 0.2) is 11.5 Å². The molecule has 0 spiro atoms. The monoisotopic (exact) mass is 372 g/mol. The maximum atomic E-state index is 12.9. The minimum Gasteiger partial charge on any atom is -0.492 e. The zero-order valence-electron chi connectivity index (χ0n) is 15.9. The Kier molecular flexibility index (Phi) is 6.33. The maximum Gasteiger partial charge on any atom is 0.271 e. The zero-order valence-corrected chi connectivity index (χ0v) is 15.9. The number of amides is 2. The molecule has 0 radical (unpaired) electrons. The van der Waals surface area contributed by atoms with Gasteiger partial charge in [-0.25, -0.2) is 0 Å². The molecule has 0 fully saturated rings. The van der Waals surface area contributed by atoms with Gasteiger partial charge in [0.05, 0.1) is 23.6 Å². The van der Waals surface area contributed by atoms with Crippen LogP contribution in [0.1, 0.15) is 64.6 Å². The van der Waals surface area contributed by atoms with E-state index < -0.39 is 11.8 Å². The number of hydrogen-bond donors (Lipinski definition) is 3. The fraction of sp³-hybridized carbons (Fsp3) is 0.368. The summed E-state index contributed by atoms with van der Waals surface area (Å²) < 4.78 is 5.72. The molecule has 2 rings (SSSR count). The molecule has 2 aromatic rings. The van der Waals surface area contributed by atoms with Crippen LogP contribution in [0.15, 0.2) is 18.2 Å². The van der Waals surface area contributed by atoms with E-state index in [4.69, 9.17) is 10.5 Å². The predicted octanol–water partition coefficient (Wildman–Crippen LogP) is 2.56. The molecule has 0 aliphatic rings. The van der Waals surface area contributed by atoms with Gasteiger partial charge in [0.2, 0.25) is 0 Å². The molecule has 0 atom stereocenters. The number of aromatic nitrogens is 2. The molecule has 144 valence electrons. The van der Waals surface area contributed by atoms with Crippen molar-refractivity contribution in [2.45, 2.75) is 34.1 Å². The molecule has 27 heavy (non-hydrogen) atoms. The van der Waals surface area contributed by atoms with E-state index in [9.17, 15) is 14.4 Å². The highest BCUT2D eigenvalue weighted by molar-refractivity contribution is 6.11. The largest absolute Gasteiger partial charge is 0.492 e. The number of ether oxygens (including phenoxy) is 1. The molecule has 0 aliphatic carbocycles. The number of nitrogens with one attached hydrogen (secondary N) is 2. The van der Waals surface area contributed by atoms with Crippen LogP contribution in [0.4, 0.5) is 5.69 Å². The van der Waals surface area contributed by atoms with Gasteiger partial charge in [-0.2, -0.15) is 5.10 Å². The summed E-state index contributed by atoms with van der Waals surface area (Å²) in [5.74, 6) is -0.830. The summed E-state index contributed by atoms with van der Waals surface area (Å²) >= 11 is 0. The summed E-state index contributed by atoms with van der Waals surface area (Å²) in [5.41, 5.74) is 6.67. The van der Waals surface area contributed by atoms with Crippen molar-refractivity contribution in [2.24, 2.45) is 11.7 Å². The number of aryl methyl sites for hydroxylation is 1. The first-order chi connectivity index (χ1) is 12.7. The van der Waals surface area contributed by atoms with Gasteiger partial charge in [-0.05, 0) is 37.5 Å². The van der Waals surface area contributed by atoms with Gasteiger partial charge in [-0.1, -0.05) is 20.8 Å². The van der Waals surface area contributed by atoms with Gasteiger partial charge in [0.25, 0.3) is 11.8 Å². The first-order valence-corrected chi connectivity index (χ1v) is 8.70. The van der Waals surface area contributed by atoms with E-state index in [0.717, 1.165) is 0 Å². The lowest BCUT2D eigenvalue weighted by Gasteiger charge is -2.14. The number of aromatic amines is 1. The number of anilines is 1. The fourth-order valence-electron chi connectivity index (χ4n) is 2.44. The van der Waals surface area contributed by atoms with Crippen LogP contribution in [0, 0.1) is 5.92 Å². The third-order valence-corrected chi connectivity index (χ3v) is 3.87. The van der Waals surface area contributed by atoms with E-state index in [2.05, 4.69) is 15.5 Å². The molecule has 0 unspecified atom stereocenters. The molecular formula is C19H24N4O4. The van der Waals surface area contributed by atoms with Crippen LogP contribution < -0.4 is 15.8 Å². The van der Waals surface area contributed by atoms with Crippen molar-refractivity contribution >= 4 is 23.3 Å². The van der Waals surface area contributed by atoms with E-state index in [1.54, 1.807) is 12.1 Å². The van der Waals surface area contributed by atoms with Gasteiger partial charge < -0.3 is 15.8 Å². The highest BCUT2D eigenvalue weighted by atomic mass is 16.5. The lowest BCUT2D eigenvalue weighted by Crippen LogP contribution is -2.20. The topological polar surface area (TPSA) is 127 Å². The molecule has 1 aromatic carbocycles. The Bertz CT molecular complexity index is 871. The average molecular weight is 372 g/mol. The summed E-state index contributed by atoms with van der Waals surface area (Å²) in [7, 11) is 0. The van der Waals surface area contributed by atoms with Crippen molar-refractivity contribution < 1.29 is 19.1 Å². The molecule has 1 aromatic heterocycles. The van der Waals surface area contributed by atoms with Crippen LogP contribution >= 0.6 is 0 Å². The smallest absolute Gasteiger partial charge is 0.271 e. The number of nitrogens with two attached hydrogens (primary N) is 1. The molecular weight excluding hydrogens is 348 g/mol. The number of nitrogens with zero attached hydrogens (tertiary/aromatic N) is 1. The Labute approximate surface area is 157 Å². The van der Waals surface area contributed by atoms with Crippen molar-refractivity contribution in [1.29, 1.82) is 0 Å². The standard InChI is InChI=1S/C19H24N4O4/c1-5-14-16(17(18(20)25)23-22-14)21-19(26)13-8-12(11(4)24)6-7-15(13)27-9-10(2)3/h6-8,10H,5,9H2,1-4H3,(H2,20,25)(H,21,26)(H,22,23). The molecule has 4 N–H and O–H groups in total. The minimum atomic E-state index is -0.755. The Morgan fingerprint density at radius 1 is 1.30 bits per heavy atom. The average Bonchev–Trinajstić information content (AvgIpc) is 3.02. The Morgan fingerprint density at radius 2 is 2.00 bits per heavy atom. The SMILES string of the molecule is CCc1[nH]nc(C(N)=O)c1NC(=O)c1cc(C(C)=O)ccc1OCC(C)C. The van der Waals surface area contributed by atoms with Gasteiger partial charge in [-0.15, -0.1) is 0 Å². The van der Waals surface area contributed by atoms with E-state index in [0.29, 0.717) is 30.0 Å². The predicted molar refractivity (Wildman–Crippen MR) is 101 cm³/mol. The van der Waals surface area contributed by atoms with Crippen LogP contribution in [-0.2, 0) is 6.42 Å². The first-order valence-electron chi connectivity index (χ1n) is 8.70. The van der Waals surface area contributed by atoms with Gasteiger partial charge in [-0.3, -0.25) is 19.5 Å². The van der Waals surface area contributed by atoms with Gasteiger partial charge in [0.1, 0.15) is 5.75 Å². The van der Waals surface area contributed by atoms with E-state index in [1.807, 2.05) is 20.8 Å². The summed E-state index contributed by atoms with van der Waals surface area (Å²) in [6.45, 7) is 7.66. The number of hydrogen-bond acceptors (Lipinski definition) is 5. The van der Waals surface area contributed by atoms with E-state index in [1.165, 1.54) is 13.0 Å². The van der Waals surface area contributed by atoms with Crippen LogP contribution in [0.25, 0.3) is 0 Å². The van der Waals surface area contributed by atoms with Crippen LogP contribution in [0.5, 0.6) is 5.75 Å². The number of H-pyrrole nitrogens is 1. The van der Waals surface area contributed by atoms with Gasteiger partial charge in [0, 0.05) is 5.56 Å². The van der Waals surface area contributed by atoms with Crippen molar-refractivity contribution in [3.05, 3.63) is 40.7 Å². The van der Waals surface area contributed by atoms with Crippen molar-refractivity contribution in [1.82, 2.24) is 10.2 Å². The molecule has 8 nitrogen and oxygen atoms in total. The fourth-order valence-corrected chi connectivity index (χ4v) is 2.44. The quantitative estimate of drug-likeness (QED) is 0.614. The number of carbonyl (C=O) groups excluding carboxylic acids is 3. The highest BCUT2D eigenvalue weighted by Gasteiger charge is 2.22. The molecule has 0 saturated heterocycles. The second kappa shape index (κ2) is 8.48. The Hall–Kier alpha value is -3.16. The number of benzene rings is 1. The molecule has 0 bridgehead atoms. The van der Waals surface area contributed by atoms with Crippen molar-refractivity contribution in [3.63, 3.8) is 0 Å². The molecule has 2 amide bonds. The molecule has 1 heterocycles. The summed E-state index contributed by atoms with van der Waals surface area (Å²) in [6, 6.07) is 4.68. The number of primary amides is 1. The summed E-state index contributed by atoms with van der Waals surface area (Å²) in [4.78, 5) is 36.2. The second-order valence-corrected chi connectivity index (χ2v) is 6.57. The van der Waals surface area contributed by atoms with E-state index in [-0.39, 0.29) is 28.6 Å². The summed E-state index contributed by atoms with van der Waals surface area (Å²) in [6.07, 6.45) is 0.514. The van der Waals surface area contributed by atoms with Crippen molar-refractivity contribution in [3.8, 4) is 5.75 Å². The van der Waals surface area contributed by atoms with Crippen molar-refractivity contribution in [2.75, 3.05) is 11.9 Å². The molecule has 8 heteroatoms. The number of rotatable bonds is 8. The maximum absolute atomic E-state index is 12.9. The first kappa shape index (κ1) is 20.2. The third-order valence-electron chi connectivity index (χ3n) is 3.87. The Morgan fingerprint density at radius 3 is 2.56 bits per heavy atom. The summed E-state index contributed by atoms with van der Waals surface area (Å²) in [5, 5.41) is 9.23. The highest BCUT2D eigenvalue weighted by Crippen LogP contribution is 2.25. The second-order valence-electron chi connectivity index (χ2n) is 6.57. The third kappa shape index (κ3) is 4.72. The number of ketones is 1. The van der Waals surface area contributed by atoms with Gasteiger partial charge >= 0.3 is 0 Å². The Balaban J connectivity index is 2.42. The molecule has 0 aliphatic heterocycles. The lowest BCUT2D eigenvalue weighted by molar-refractivity contribution is 0.0993. The number of carbonyl (C=O) groups is 3. The molecule has 0 saturated carbocycles. The normalized spacial score (nSPS) is 10.7. The zero-order chi connectivity index (χ0) is 20.1. The van der Waals surface area contributed by atoms with Crippen LogP contribution in [0.2, 0.25) is 0 Å². The number of Topliss-reactive ketones (excluding diaryl/α,β-unsaturated/α-hetero) is 1. The lowest BCUT2D eigenvalue weighted by atomic mass is 10.1. The minimum absolute atomic E-state index is 0.0485.